The molecular formula is C15H21N. The molecule has 1 rings (SSSR count). The van der Waals surface area contributed by atoms with Crippen LogP contribution in [0.25, 0.3) is 0 Å². The van der Waals surface area contributed by atoms with E-state index in [1.54, 1.807) is 0 Å². The molecule has 0 aromatic heterocycles. The van der Waals surface area contributed by atoms with Crippen molar-refractivity contribution in [2.24, 2.45) is 0 Å². The van der Waals surface area contributed by atoms with E-state index in [9.17, 15) is 0 Å². The monoisotopic (exact) mass is 215 g/mol. The predicted molar refractivity (Wildman–Crippen MR) is 70.4 cm³/mol. The highest BCUT2D eigenvalue weighted by atomic mass is 14.9. The van der Waals surface area contributed by atoms with Crippen molar-refractivity contribution in [2.45, 2.75) is 39.2 Å². The Morgan fingerprint density at radius 1 is 1.44 bits per heavy atom. The fraction of sp³-hybridized carbons (Fsp3) is 0.467. The van der Waals surface area contributed by atoms with E-state index in [4.69, 9.17) is 6.42 Å². The van der Waals surface area contributed by atoms with Crippen molar-refractivity contribution in [1.29, 1.82) is 0 Å². The van der Waals surface area contributed by atoms with Crippen molar-refractivity contribution in [3.8, 4) is 12.3 Å². The fourth-order valence-corrected chi connectivity index (χ4v) is 1.95. The van der Waals surface area contributed by atoms with Gasteiger partial charge in [0.05, 0.1) is 0 Å². The normalized spacial score (nSPS) is 12.1. The highest BCUT2D eigenvalue weighted by Gasteiger charge is 2.07. The maximum absolute atomic E-state index is 5.31. The van der Waals surface area contributed by atoms with Gasteiger partial charge in [-0.05, 0) is 31.9 Å². The van der Waals surface area contributed by atoms with Crippen LogP contribution in [0.15, 0.2) is 24.3 Å². The first kappa shape index (κ1) is 12.8. The molecule has 0 saturated heterocycles. The van der Waals surface area contributed by atoms with Crippen molar-refractivity contribution >= 4 is 0 Å². The van der Waals surface area contributed by atoms with Gasteiger partial charge >= 0.3 is 0 Å². The summed E-state index contributed by atoms with van der Waals surface area (Å²) >= 11 is 0. The van der Waals surface area contributed by atoms with Gasteiger partial charge < -0.3 is 5.32 Å². The van der Waals surface area contributed by atoms with Crippen LogP contribution in [0.4, 0.5) is 0 Å². The van der Waals surface area contributed by atoms with Crippen molar-refractivity contribution < 1.29 is 0 Å². The SMILES string of the molecule is C#CCCC(Cc1cccc(C)c1)NCC. The number of aryl methyl sites for hydroxylation is 1. The number of benzene rings is 1. The van der Waals surface area contributed by atoms with Gasteiger partial charge in [-0.1, -0.05) is 36.8 Å². The molecule has 1 atom stereocenters. The molecule has 1 aromatic rings. The Kier molecular flexibility index (Phi) is 5.67. The van der Waals surface area contributed by atoms with Crippen molar-refractivity contribution in [1.82, 2.24) is 5.32 Å². The van der Waals surface area contributed by atoms with Gasteiger partial charge in [0.1, 0.15) is 0 Å². The summed E-state index contributed by atoms with van der Waals surface area (Å²) in [6, 6.07) is 9.19. The van der Waals surface area contributed by atoms with E-state index in [1.165, 1.54) is 11.1 Å². The minimum absolute atomic E-state index is 0.503. The number of likely N-dealkylation sites (N-methyl/N-ethyl adjacent to an activating group) is 1. The summed E-state index contributed by atoms with van der Waals surface area (Å²) in [7, 11) is 0. The Morgan fingerprint density at radius 2 is 2.25 bits per heavy atom. The molecule has 1 heteroatoms. The fourth-order valence-electron chi connectivity index (χ4n) is 1.95. The molecule has 0 spiro atoms. The van der Waals surface area contributed by atoms with Gasteiger partial charge in [-0.2, -0.15) is 0 Å². The Hall–Kier alpha value is -1.26. The van der Waals surface area contributed by atoms with Crippen molar-refractivity contribution in [2.75, 3.05) is 6.54 Å². The third-order valence-electron chi connectivity index (χ3n) is 2.69. The Morgan fingerprint density at radius 3 is 2.88 bits per heavy atom. The average molecular weight is 215 g/mol. The molecule has 1 aromatic carbocycles. The highest BCUT2D eigenvalue weighted by Crippen LogP contribution is 2.09. The van der Waals surface area contributed by atoms with Crippen LogP contribution in [0.3, 0.4) is 0 Å². The van der Waals surface area contributed by atoms with Crippen LogP contribution >= 0.6 is 0 Å². The van der Waals surface area contributed by atoms with E-state index >= 15 is 0 Å². The third-order valence-corrected chi connectivity index (χ3v) is 2.69. The number of hydrogen-bond donors (Lipinski definition) is 1. The quantitative estimate of drug-likeness (QED) is 0.719. The molecule has 1 unspecified atom stereocenters. The van der Waals surface area contributed by atoms with Gasteiger partial charge in [-0.15, -0.1) is 12.3 Å². The van der Waals surface area contributed by atoms with E-state index in [-0.39, 0.29) is 0 Å². The molecule has 0 bridgehead atoms. The van der Waals surface area contributed by atoms with Gasteiger partial charge in [0.2, 0.25) is 0 Å². The lowest BCUT2D eigenvalue weighted by atomic mass is 10.0. The average Bonchev–Trinajstić information content (AvgIpc) is 2.26. The van der Waals surface area contributed by atoms with Gasteiger partial charge in [0, 0.05) is 12.5 Å². The zero-order valence-corrected chi connectivity index (χ0v) is 10.3. The van der Waals surface area contributed by atoms with Gasteiger partial charge in [0.25, 0.3) is 0 Å². The molecule has 16 heavy (non-hydrogen) atoms. The molecule has 0 aliphatic carbocycles. The summed E-state index contributed by atoms with van der Waals surface area (Å²) in [6.45, 7) is 5.27. The Balaban J connectivity index is 2.57. The van der Waals surface area contributed by atoms with Crippen LogP contribution in [0.1, 0.15) is 30.9 Å². The third kappa shape index (κ3) is 4.51. The lowest BCUT2D eigenvalue weighted by Crippen LogP contribution is -2.30. The minimum atomic E-state index is 0.503. The second-order valence-corrected chi connectivity index (χ2v) is 4.19. The summed E-state index contributed by atoms with van der Waals surface area (Å²) in [5, 5.41) is 3.49. The van der Waals surface area contributed by atoms with E-state index in [0.29, 0.717) is 6.04 Å². The first-order chi connectivity index (χ1) is 7.76. The number of nitrogens with one attached hydrogen (secondary N) is 1. The van der Waals surface area contributed by atoms with Gasteiger partial charge in [-0.25, -0.2) is 0 Å². The van der Waals surface area contributed by atoms with Gasteiger partial charge in [0.15, 0.2) is 0 Å². The van der Waals surface area contributed by atoms with Crippen LogP contribution in [0.2, 0.25) is 0 Å². The van der Waals surface area contributed by atoms with E-state index in [2.05, 4.69) is 49.4 Å². The van der Waals surface area contributed by atoms with Crippen molar-refractivity contribution in [3.63, 3.8) is 0 Å². The summed E-state index contributed by atoms with van der Waals surface area (Å²) in [5.74, 6) is 2.71. The van der Waals surface area contributed by atoms with Crippen molar-refractivity contribution in [3.05, 3.63) is 35.4 Å². The number of hydrogen-bond acceptors (Lipinski definition) is 1. The molecule has 0 saturated carbocycles. The summed E-state index contributed by atoms with van der Waals surface area (Å²) < 4.78 is 0. The van der Waals surface area contributed by atoms with Crippen LogP contribution < -0.4 is 5.32 Å². The van der Waals surface area contributed by atoms with E-state index in [0.717, 1.165) is 25.8 Å². The standard InChI is InChI=1S/C15H21N/c1-4-6-10-15(16-5-2)12-14-9-7-8-13(3)11-14/h1,7-9,11,15-16H,5-6,10,12H2,2-3H3. The molecule has 0 aliphatic rings. The molecule has 0 heterocycles. The maximum atomic E-state index is 5.31. The Bertz CT molecular complexity index is 349. The van der Waals surface area contributed by atoms with Crippen LogP contribution in [0.5, 0.6) is 0 Å². The predicted octanol–water partition coefficient (Wildman–Crippen LogP) is 2.93. The molecule has 0 aliphatic heterocycles. The van der Waals surface area contributed by atoms with E-state index in [1.807, 2.05) is 0 Å². The van der Waals surface area contributed by atoms with Crippen LogP contribution in [0, 0.1) is 19.3 Å². The lowest BCUT2D eigenvalue weighted by molar-refractivity contribution is 0.497. The second-order valence-electron chi connectivity index (χ2n) is 4.19. The Labute approximate surface area is 99.3 Å². The van der Waals surface area contributed by atoms with Crippen LogP contribution in [-0.2, 0) is 6.42 Å². The molecule has 0 radical (unpaired) electrons. The van der Waals surface area contributed by atoms with Crippen LogP contribution in [-0.4, -0.2) is 12.6 Å². The zero-order chi connectivity index (χ0) is 11.8. The molecule has 0 fully saturated rings. The largest absolute Gasteiger partial charge is 0.314 e. The molecular weight excluding hydrogens is 194 g/mol. The molecule has 1 N–H and O–H groups in total. The maximum Gasteiger partial charge on any atom is 0.0116 e. The first-order valence-corrected chi connectivity index (χ1v) is 5.98. The molecule has 86 valence electrons. The summed E-state index contributed by atoms with van der Waals surface area (Å²) in [6.07, 6.45) is 8.28. The highest BCUT2D eigenvalue weighted by molar-refractivity contribution is 5.23. The molecule has 0 amide bonds. The molecule has 1 nitrogen and oxygen atoms in total. The number of terminal acetylenes is 1. The zero-order valence-electron chi connectivity index (χ0n) is 10.3. The minimum Gasteiger partial charge on any atom is -0.314 e. The van der Waals surface area contributed by atoms with E-state index < -0.39 is 0 Å². The van der Waals surface area contributed by atoms with Gasteiger partial charge in [-0.3, -0.25) is 0 Å². The summed E-state index contributed by atoms with van der Waals surface area (Å²) in [4.78, 5) is 0. The first-order valence-electron chi connectivity index (χ1n) is 5.98. The lowest BCUT2D eigenvalue weighted by Gasteiger charge is -2.17. The summed E-state index contributed by atoms with van der Waals surface area (Å²) in [5.41, 5.74) is 2.72. The smallest absolute Gasteiger partial charge is 0.0116 e. The number of rotatable bonds is 6. The topological polar surface area (TPSA) is 12.0 Å². The second kappa shape index (κ2) is 7.09.